The summed E-state index contributed by atoms with van der Waals surface area (Å²) in [6.45, 7) is 3.92. The Balaban J connectivity index is 2.32. The summed E-state index contributed by atoms with van der Waals surface area (Å²) in [4.78, 5) is 25.0. The van der Waals surface area contributed by atoms with Crippen LogP contribution in [0.3, 0.4) is 0 Å². The maximum atomic E-state index is 12.4. The largest absolute Gasteiger partial charge is 0.478 e. The highest BCUT2D eigenvalue weighted by molar-refractivity contribution is 7.11. The molecule has 1 aliphatic heterocycles. The van der Waals surface area contributed by atoms with E-state index >= 15 is 0 Å². The van der Waals surface area contributed by atoms with Crippen molar-refractivity contribution in [3.8, 4) is 0 Å². The average Bonchev–Trinajstić information content (AvgIpc) is 2.94. The van der Waals surface area contributed by atoms with Crippen molar-refractivity contribution in [1.82, 2.24) is 4.37 Å². The third kappa shape index (κ3) is 2.35. The van der Waals surface area contributed by atoms with E-state index in [9.17, 15) is 14.7 Å². The van der Waals surface area contributed by atoms with E-state index in [1.807, 2.05) is 0 Å². The van der Waals surface area contributed by atoms with E-state index < -0.39 is 11.6 Å². The van der Waals surface area contributed by atoms with Gasteiger partial charge in [0.05, 0.1) is 5.69 Å². The molecule has 7 heteroatoms. The second-order valence-electron chi connectivity index (χ2n) is 4.80. The molecule has 0 saturated carbocycles. The van der Waals surface area contributed by atoms with Crippen molar-refractivity contribution in [3.05, 3.63) is 11.3 Å². The van der Waals surface area contributed by atoms with Crippen molar-refractivity contribution >= 4 is 28.4 Å². The maximum absolute atomic E-state index is 12.4. The lowest BCUT2D eigenvalue weighted by Gasteiger charge is -2.27. The van der Waals surface area contributed by atoms with E-state index in [1.54, 1.807) is 20.9 Å². The van der Waals surface area contributed by atoms with Crippen LogP contribution in [0.15, 0.2) is 0 Å². The minimum atomic E-state index is -1.07. The Bertz CT molecular complexity index is 520. The number of aryl methyl sites for hydroxylation is 1. The third-order valence-electron chi connectivity index (χ3n) is 3.34. The number of ether oxygens (including phenoxy) is 1. The fraction of sp³-hybridized carbons (Fsp3) is 0.583. The van der Waals surface area contributed by atoms with Crippen LogP contribution in [-0.4, -0.2) is 40.6 Å². The molecule has 1 N–H and O–H groups in total. The number of aromatic carboxylic acids is 1. The summed E-state index contributed by atoms with van der Waals surface area (Å²) in [5, 5.41) is 9.55. The number of amides is 1. The Morgan fingerprint density at radius 1 is 1.53 bits per heavy atom. The van der Waals surface area contributed by atoms with E-state index in [0.29, 0.717) is 23.7 Å². The van der Waals surface area contributed by atoms with Crippen molar-refractivity contribution < 1.29 is 19.4 Å². The Kier molecular flexibility index (Phi) is 3.60. The highest BCUT2D eigenvalue weighted by Gasteiger charge is 2.41. The van der Waals surface area contributed by atoms with Gasteiger partial charge in [-0.2, -0.15) is 4.37 Å². The summed E-state index contributed by atoms with van der Waals surface area (Å²) in [6.07, 6.45) is 1.49. The number of hydrogen-bond acceptors (Lipinski definition) is 5. The Labute approximate surface area is 115 Å². The van der Waals surface area contributed by atoms with E-state index in [1.165, 1.54) is 4.90 Å². The van der Waals surface area contributed by atoms with Gasteiger partial charge in [0.25, 0.3) is 5.91 Å². The molecule has 1 aromatic rings. The molecule has 1 aromatic heterocycles. The number of carboxylic acid groups (broad SMARTS) is 1. The number of anilines is 1. The molecular weight excluding hydrogens is 268 g/mol. The smallest absolute Gasteiger partial charge is 0.340 e. The first-order valence-corrected chi connectivity index (χ1v) is 6.76. The zero-order valence-corrected chi connectivity index (χ0v) is 11.9. The topological polar surface area (TPSA) is 79.7 Å². The number of carboxylic acids is 1. The van der Waals surface area contributed by atoms with Crippen molar-refractivity contribution in [3.63, 3.8) is 0 Å². The molecule has 104 valence electrons. The molecule has 0 aliphatic carbocycles. The number of carbonyl (C=O) groups is 2. The van der Waals surface area contributed by atoms with Crippen LogP contribution in [0, 0.1) is 6.92 Å². The first-order chi connectivity index (χ1) is 8.87. The first kappa shape index (κ1) is 14.0. The number of likely N-dealkylation sites (N-methyl/N-ethyl adjacent to an activating group) is 1. The molecule has 0 aromatic carbocycles. The predicted octanol–water partition coefficient (Wildman–Crippen LogP) is 1.68. The van der Waals surface area contributed by atoms with Crippen LogP contribution < -0.4 is 4.90 Å². The summed E-state index contributed by atoms with van der Waals surface area (Å²) in [5.74, 6) is -1.30. The third-order valence-corrected chi connectivity index (χ3v) is 4.36. The highest BCUT2D eigenvalue weighted by Crippen LogP contribution is 2.33. The van der Waals surface area contributed by atoms with Crippen LogP contribution in [0.1, 0.15) is 35.8 Å². The highest BCUT2D eigenvalue weighted by atomic mass is 32.1. The van der Waals surface area contributed by atoms with Gasteiger partial charge in [0.1, 0.15) is 16.2 Å². The van der Waals surface area contributed by atoms with Gasteiger partial charge >= 0.3 is 5.97 Å². The summed E-state index contributed by atoms with van der Waals surface area (Å²) in [7, 11) is 1.56. The standard InChI is InChI=1S/C12H16N2O4S/c1-7-8(10(15)16)9(19-13-7)14(3)11(17)12(2)5-4-6-18-12/h4-6H2,1-3H3,(H,15,16). The number of rotatable bonds is 3. The summed E-state index contributed by atoms with van der Waals surface area (Å²) < 4.78 is 9.51. The van der Waals surface area contributed by atoms with Crippen LogP contribution in [0.5, 0.6) is 0 Å². The van der Waals surface area contributed by atoms with E-state index in [2.05, 4.69) is 4.37 Å². The van der Waals surface area contributed by atoms with E-state index in [-0.39, 0.29) is 11.5 Å². The summed E-state index contributed by atoms with van der Waals surface area (Å²) >= 11 is 1.02. The molecule has 0 spiro atoms. The van der Waals surface area contributed by atoms with Crippen LogP contribution in [0.4, 0.5) is 5.00 Å². The van der Waals surface area contributed by atoms with Crippen LogP contribution >= 0.6 is 11.5 Å². The van der Waals surface area contributed by atoms with Gasteiger partial charge in [-0.25, -0.2) is 4.79 Å². The molecule has 1 atom stereocenters. The molecule has 6 nitrogen and oxygen atoms in total. The van der Waals surface area contributed by atoms with Gasteiger partial charge in [-0.3, -0.25) is 4.79 Å². The fourth-order valence-electron chi connectivity index (χ4n) is 2.23. The van der Waals surface area contributed by atoms with Crippen molar-refractivity contribution in [2.45, 2.75) is 32.3 Å². The lowest BCUT2D eigenvalue weighted by atomic mass is 10.0. The monoisotopic (exact) mass is 284 g/mol. The minimum Gasteiger partial charge on any atom is -0.478 e. The van der Waals surface area contributed by atoms with Gasteiger partial charge in [0.15, 0.2) is 0 Å². The lowest BCUT2D eigenvalue weighted by molar-refractivity contribution is -0.136. The molecule has 0 radical (unpaired) electrons. The van der Waals surface area contributed by atoms with Crippen molar-refractivity contribution in [2.75, 3.05) is 18.6 Å². The fourth-order valence-corrected chi connectivity index (χ4v) is 3.07. The van der Waals surface area contributed by atoms with Crippen LogP contribution in [0.2, 0.25) is 0 Å². The molecule has 1 fully saturated rings. The van der Waals surface area contributed by atoms with Crippen molar-refractivity contribution in [2.24, 2.45) is 0 Å². The van der Waals surface area contributed by atoms with Gasteiger partial charge in [0, 0.05) is 13.7 Å². The molecular formula is C12H16N2O4S. The minimum absolute atomic E-state index is 0.0856. The van der Waals surface area contributed by atoms with Crippen LogP contribution in [0.25, 0.3) is 0 Å². The molecule has 1 amide bonds. The second kappa shape index (κ2) is 4.90. The van der Waals surface area contributed by atoms with Gasteiger partial charge in [0.2, 0.25) is 0 Å². The van der Waals surface area contributed by atoms with E-state index in [4.69, 9.17) is 4.74 Å². The molecule has 2 rings (SSSR count). The Morgan fingerprint density at radius 2 is 2.21 bits per heavy atom. The van der Waals surface area contributed by atoms with Gasteiger partial charge in [-0.05, 0) is 38.2 Å². The molecule has 1 unspecified atom stereocenters. The van der Waals surface area contributed by atoms with Crippen molar-refractivity contribution in [1.29, 1.82) is 0 Å². The molecule has 0 bridgehead atoms. The zero-order chi connectivity index (χ0) is 14.2. The molecule has 1 saturated heterocycles. The summed E-state index contributed by atoms with van der Waals surface area (Å²) in [5.41, 5.74) is -0.352. The first-order valence-electron chi connectivity index (χ1n) is 5.98. The second-order valence-corrected chi connectivity index (χ2v) is 5.55. The number of aromatic nitrogens is 1. The normalized spacial score (nSPS) is 22.5. The Morgan fingerprint density at radius 3 is 2.74 bits per heavy atom. The summed E-state index contributed by atoms with van der Waals surface area (Å²) in [6, 6.07) is 0. The molecule has 1 aliphatic rings. The SMILES string of the molecule is Cc1nsc(N(C)C(=O)C2(C)CCCO2)c1C(=O)O. The quantitative estimate of drug-likeness (QED) is 0.913. The average molecular weight is 284 g/mol. The molecule has 19 heavy (non-hydrogen) atoms. The van der Waals surface area contributed by atoms with Crippen LogP contribution in [-0.2, 0) is 9.53 Å². The zero-order valence-electron chi connectivity index (χ0n) is 11.1. The van der Waals surface area contributed by atoms with Gasteiger partial charge < -0.3 is 14.7 Å². The Hall–Kier alpha value is -1.47. The molecule has 2 heterocycles. The number of carbonyl (C=O) groups excluding carboxylic acids is 1. The maximum Gasteiger partial charge on any atom is 0.340 e. The number of nitrogens with zero attached hydrogens (tertiary/aromatic N) is 2. The van der Waals surface area contributed by atoms with E-state index in [0.717, 1.165) is 18.0 Å². The van der Waals surface area contributed by atoms with Gasteiger partial charge in [-0.1, -0.05) is 0 Å². The predicted molar refractivity (Wildman–Crippen MR) is 70.8 cm³/mol. The number of hydrogen-bond donors (Lipinski definition) is 1. The van der Waals surface area contributed by atoms with Gasteiger partial charge in [-0.15, -0.1) is 0 Å². The lowest BCUT2D eigenvalue weighted by Crippen LogP contribution is -2.45.